The summed E-state index contributed by atoms with van der Waals surface area (Å²) in [6.45, 7) is 0.575. The number of nitrogens with zero attached hydrogens (tertiary/aromatic N) is 4. The monoisotopic (exact) mass is 355 g/mol. The van der Waals surface area contributed by atoms with Crippen molar-refractivity contribution in [1.82, 2.24) is 19.7 Å². The van der Waals surface area contributed by atoms with Gasteiger partial charge in [-0.2, -0.15) is 4.98 Å². The molecule has 1 N–H and O–H groups in total. The highest BCUT2D eigenvalue weighted by Crippen LogP contribution is 2.33. The van der Waals surface area contributed by atoms with Gasteiger partial charge in [0.15, 0.2) is 5.82 Å². The van der Waals surface area contributed by atoms with E-state index in [4.69, 9.17) is 4.52 Å². The standard InChI is InChI=1S/C18H18FN5O2/c19-13-5-3-12(4-6-13)16-22-15(26-23-16)2-1-9-20-17-18(25)24(11-10-21-17)14-7-8-14/h3-6,10-11,14H,1-2,7-9H2,(H,20,21). The minimum Gasteiger partial charge on any atom is -0.365 e. The molecule has 0 radical (unpaired) electrons. The highest BCUT2D eigenvalue weighted by molar-refractivity contribution is 5.53. The van der Waals surface area contributed by atoms with Gasteiger partial charge >= 0.3 is 0 Å². The van der Waals surface area contributed by atoms with Crippen molar-refractivity contribution < 1.29 is 8.91 Å². The van der Waals surface area contributed by atoms with Crippen molar-refractivity contribution in [2.45, 2.75) is 31.7 Å². The molecule has 1 saturated carbocycles. The Balaban J connectivity index is 1.31. The van der Waals surface area contributed by atoms with Crippen molar-refractivity contribution in [2.75, 3.05) is 11.9 Å². The molecule has 1 aliphatic carbocycles. The summed E-state index contributed by atoms with van der Waals surface area (Å²) >= 11 is 0. The lowest BCUT2D eigenvalue weighted by atomic mass is 10.2. The Morgan fingerprint density at radius 3 is 2.85 bits per heavy atom. The van der Waals surface area contributed by atoms with Crippen LogP contribution in [0.15, 0.2) is 46.0 Å². The maximum Gasteiger partial charge on any atom is 0.293 e. The van der Waals surface area contributed by atoms with Crippen LogP contribution in [-0.4, -0.2) is 26.2 Å². The van der Waals surface area contributed by atoms with Crippen LogP contribution in [0.1, 0.15) is 31.2 Å². The molecule has 0 spiro atoms. The van der Waals surface area contributed by atoms with E-state index in [9.17, 15) is 9.18 Å². The molecule has 1 aliphatic rings. The Labute approximate surface area is 148 Å². The highest BCUT2D eigenvalue weighted by atomic mass is 19.1. The van der Waals surface area contributed by atoms with Gasteiger partial charge in [-0.1, -0.05) is 5.16 Å². The summed E-state index contributed by atoms with van der Waals surface area (Å²) < 4.78 is 19.9. The maximum absolute atomic E-state index is 13.0. The number of aryl methyl sites for hydroxylation is 1. The second kappa shape index (κ2) is 7.07. The molecule has 134 valence electrons. The van der Waals surface area contributed by atoms with Crippen LogP contribution in [0.5, 0.6) is 0 Å². The zero-order valence-electron chi connectivity index (χ0n) is 14.1. The number of benzene rings is 1. The van der Waals surface area contributed by atoms with Crippen molar-refractivity contribution in [2.24, 2.45) is 0 Å². The number of aromatic nitrogens is 4. The molecular weight excluding hydrogens is 337 g/mol. The lowest BCUT2D eigenvalue weighted by molar-refractivity contribution is 0.377. The largest absolute Gasteiger partial charge is 0.365 e. The van der Waals surface area contributed by atoms with Crippen LogP contribution in [0.25, 0.3) is 11.4 Å². The quantitative estimate of drug-likeness (QED) is 0.656. The zero-order chi connectivity index (χ0) is 17.9. The maximum atomic E-state index is 13.0. The average Bonchev–Trinajstić information content (AvgIpc) is 3.38. The Kier molecular flexibility index (Phi) is 4.47. The predicted molar refractivity (Wildman–Crippen MR) is 93.3 cm³/mol. The first kappa shape index (κ1) is 16.4. The van der Waals surface area contributed by atoms with Crippen molar-refractivity contribution >= 4 is 5.82 Å². The molecular formula is C18H18FN5O2. The smallest absolute Gasteiger partial charge is 0.293 e. The lowest BCUT2D eigenvalue weighted by Gasteiger charge is -2.07. The molecule has 7 nitrogen and oxygen atoms in total. The van der Waals surface area contributed by atoms with E-state index in [2.05, 4.69) is 20.4 Å². The van der Waals surface area contributed by atoms with Crippen LogP contribution in [0.2, 0.25) is 0 Å². The zero-order valence-corrected chi connectivity index (χ0v) is 14.1. The summed E-state index contributed by atoms with van der Waals surface area (Å²) in [7, 11) is 0. The number of rotatable bonds is 7. The van der Waals surface area contributed by atoms with Crippen molar-refractivity contribution in [3.8, 4) is 11.4 Å². The van der Waals surface area contributed by atoms with E-state index in [1.807, 2.05) is 0 Å². The van der Waals surface area contributed by atoms with Gasteiger partial charge in [0, 0.05) is 37.0 Å². The minimum atomic E-state index is -0.307. The summed E-state index contributed by atoms with van der Waals surface area (Å²) in [5.41, 5.74) is 0.625. The molecule has 3 aromatic rings. The molecule has 0 unspecified atom stereocenters. The summed E-state index contributed by atoms with van der Waals surface area (Å²) in [6, 6.07) is 6.26. The van der Waals surface area contributed by atoms with E-state index in [1.165, 1.54) is 12.1 Å². The predicted octanol–water partition coefficient (Wildman–Crippen LogP) is 2.81. The molecule has 26 heavy (non-hydrogen) atoms. The van der Waals surface area contributed by atoms with E-state index in [0.29, 0.717) is 48.5 Å². The number of nitrogens with one attached hydrogen (secondary N) is 1. The third-order valence-corrected chi connectivity index (χ3v) is 4.24. The minimum absolute atomic E-state index is 0.0774. The molecule has 1 aromatic carbocycles. The second-order valence-corrected chi connectivity index (χ2v) is 6.27. The highest BCUT2D eigenvalue weighted by Gasteiger charge is 2.25. The molecule has 0 bridgehead atoms. The first-order valence-corrected chi connectivity index (χ1v) is 8.60. The topological polar surface area (TPSA) is 85.8 Å². The van der Waals surface area contributed by atoms with Gasteiger partial charge in [0.25, 0.3) is 5.56 Å². The Morgan fingerprint density at radius 1 is 1.27 bits per heavy atom. The van der Waals surface area contributed by atoms with E-state index >= 15 is 0 Å². The first-order valence-electron chi connectivity index (χ1n) is 8.60. The molecule has 0 atom stereocenters. The van der Waals surface area contributed by atoms with Gasteiger partial charge in [-0.05, 0) is 43.5 Å². The molecule has 0 saturated heterocycles. The van der Waals surface area contributed by atoms with Crippen molar-refractivity contribution in [3.63, 3.8) is 0 Å². The fraction of sp³-hybridized carbons (Fsp3) is 0.333. The van der Waals surface area contributed by atoms with Gasteiger partial charge in [-0.3, -0.25) is 4.79 Å². The van der Waals surface area contributed by atoms with Gasteiger partial charge in [-0.25, -0.2) is 9.37 Å². The normalized spacial score (nSPS) is 13.7. The molecule has 1 fully saturated rings. The third kappa shape index (κ3) is 3.63. The fourth-order valence-electron chi connectivity index (χ4n) is 2.71. The van der Waals surface area contributed by atoms with E-state index < -0.39 is 0 Å². The molecule has 2 heterocycles. The fourth-order valence-corrected chi connectivity index (χ4v) is 2.71. The third-order valence-electron chi connectivity index (χ3n) is 4.24. The van der Waals surface area contributed by atoms with E-state index in [0.717, 1.165) is 12.8 Å². The number of hydrogen-bond donors (Lipinski definition) is 1. The lowest BCUT2D eigenvalue weighted by Crippen LogP contribution is -2.24. The van der Waals surface area contributed by atoms with E-state index in [-0.39, 0.29) is 11.4 Å². The van der Waals surface area contributed by atoms with Crippen LogP contribution in [0.3, 0.4) is 0 Å². The number of halogens is 1. The van der Waals surface area contributed by atoms with Gasteiger partial charge in [-0.15, -0.1) is 0 Å². The first-order chi connectivity index (χ1) is 12.7. The van der Waals surface area contributed by atoms with Gasteiger partial charge < -0.3 is 14.4 Å². The Morgan fingerprint density at radius 2 is 2.08 bits per heavy atom. The van der Waals surface area contributed by atoms with Crippen LogP contribution >= 0.6 is 0 Å². The average molecular weight is 355 g/mol. The summed E-state index contributed by atoms with van der Waals surface area (Å²) in [5, 5.41) is 6.99. The second-order valence-electron chi connectivity index (χ2n) is 6.27. The molecule has 0 aliphatic heterocycles. The van der Waals surface area contributed by atoms with Crippen LogP contribution in [0, 0.1) is 5.82 Å². The summed E-state index contributed by atoms with van der Waals surface area (Å²) in [6.07, 6.45) is 6.78. The van der Waals surface area contributed by atoms with Crippen LogP contribution in [0.4, 0.5) is 10.2 Å². The summed E-state index contributed by atoms with van der Waals surface area (Å²) in [5.74, 6) is 1.00. The molecule has 4 rings (SSSR count). The SMILES string of the molecule is O=c1c(NCCCc2nc(-c3ccc(F)cc3)no2)nccn1C1CC1. The number of hydrogen-bond acceptors (Lipinski definition) is 6. The number of anilines is 1. The summed E-state index contributed by atoms with van der Waals surface area (Å²) in [4.78, 5) is 20.7. The van der Waals surface area contributed by atoms with Crippen molar-refractivity contribution in [3.05, 3.63) is 58.7 Å². The van der Waals surface area contributed by atoms with Gasteiger partial charge in [0.05, 0.1) is 0 Å². The molecule has 2 aromatic heterocycles. The molecule has 8 heteroatoms. The van der Waals surface area contributed by atoms with E-state index in [1.54, 1.807) is 29.1 Å². The van der Waals surface area contributed by atoms with Crippen LogP contribution < -0.4 is 10.9 Å². The van der Waals surface area contributed by atoms with Crippen molar-refractivity contribution in [1.29, 1.82) is 0 Å². The Bertz CT molecular complexity index is 947. The van der Waals surface area contributed by atoms with Gasteiger partial charge in [0.1, 0.15) is 5.82 Å². The van der Waals surface area contributed by atoms with Gasteiger partial charge in [0.2, 0.25) is 11.7 Å². The molecule has 0 amide bonds. The van der Waals surface area contributed by atoms with Crippen LogP contribution in [-0.2, 0) is 6.42 Å². The Hall–Kier alpha value is -3.03.